The first kappa shape index (κ1) is 19.4. The predicted molar refractivity (Wildman–Crippen MR) is 115 cm³/mol. The molecule has 1 aliphatic heterocycles. The number of hydrogen-bond acceptors (Lipinski definition) is 6. The van der Waals surface area contributed by atoms with Gasteiger partial charge in [-0.25, -0.2) is 4.98 Å². The van der Waals surface area contributed by atoms with Crippen LogP contribution in [0.3, 0.4) is 0 Å². The van der Waals surface area contributed by atoms with Gasteiger partial charge in [-0.3, -0.25) is 9.78 Å². The van der Waals surface area contributed by atoms with Crippen molar-refractivity contribution in [2.45, 2.75) is 31.7 Å². The van der Waals surface area contributed by atoms with Crippen molar-refractivity contribution in [1.82, 2.24) is 14.9 Å². The zero-order chi connectivity index (χ0) is 20.1. The van der Waals surface area contributed by atoms with Gasteiger partial charge in [-0.05, 0) is 54.8 Å². The molecule has 1 saturated heterocycles. The average Bonchev–Trinajstić information content (AvgIpc) is 3.09. The molecule has 0 saturated carbocycles. The summed E-state index contributed by atoms with van der Waals surface area (Å²) in [6.45, 7) is 0.755. The van der Waals surface area contributed by atoms with E-state index in [0.29, 0.717) is 10.8 Å². The molecule has 29 heavy (non-hydrogen) atoms. The van der Waals surface area contributed by atoms with Crippen LogP contribution in [-0.4, -0.2) is 34.4 Å². The monoisotopic (exact) mass is 408 g/mol. The Kier molecular flexibility index (Phi) is 6.05. The van der Waals surface area contributed by atoms with Crippen molar-refractivity contribution in [2.75, 3.05) is 19.0 Å². The van der Waals surface area contributed by atoms with E-state index in [2.05, 4.69) is 15.3 Å². The molecule has 150 valence electrons. The number of aromatic nitrogens is 2. The van der Waals surface area contributed by atoms with Gasteiger partial charge in [-0.1, -0.05) is 12.8 Å². The molecule has 1 aliphatic rings. The molecule has 7 heteroatoms. The molecule has 1 fully saturated rings. The van der Waals surface area contributed by atoms with Gasteiger partial charge in [0.15, 0.2) is 5.13 Å². The van der Waals surface area contributed by atoms with E-state index < -0.39 is 0 Å². The van der Waals surface area contributed by atoms with Crippen LogP contribution in [0.4, 0.5) is 10.8 Å². The highest BCUT2D eigenvalue weighted by Crippen LogP contribution is 2.32. The van der Waals surface area contributed by atoms with Crippen molar-refractivity contribution in [1.29, 1.82) is 0 Å². The Hall–Kier alpha value is -2.93. The van der Waals surface area contributed by atoms with Crippen LogP contribution in [0, 0.1) is 0 Å². The smallest absolute Gasteiger partial charge is 0.273 e. The lowest BCUT2D eigenvalue weighted by Crippen LogP contribution is -2.35. The first-order chi connectivity index (χ1) is 14.2. The van der Waals surface area contributed by atoms with Crippen LogP contribution >= 0.6 is 11.3 Å². The Labute approximate surface area is 174 Å². The molecule has 0 unspecified atom stereocenters. The van der Waals surface area contributed by atoms with Gasteiger partial charge in [0.2, 0.25) is 0 Å². The van der Waals surface area contributed by atoms with Crippen LogP contribution in [0.5, 0.6) is 5.75 Å². The van der Waals surface area contributed by atoms with E-state index in [-0.39, 0.29) is 11.9 Å². The lowest BCUT2D eigenvalue weighted by Gasteiger charge is -2.29. The Morgan fingerprint density at radius 3 is 2.69 bits per heavy atom. The summed E-state index contributed by atoms with van der Waals surface area (Å²) in [6.07, 6.45) is 7.85. The molecule has 3 aromatic rings. The van der Waals surface area contributed by atoms with Gasteiger partial charge in [0.1, 0.15) is 11.4 Å². The molecule has 0 bridgehead atoms. The summed E-state index contributed by atoms with van der Waals surface area (Å²) < 4.78 is 5.18. The largest absolute Gasteiger partial charge is 0.497 e. The third-order valence-corrected chi connectivity index (χ3v) is 5.93. The number of nitrogens with one attached hydrogen (secondary N) is 1. The standard InChI is InChI=1S/C22H24N4O2S/c1-28-18-8-6-17(7-9-18)24-22-25-19(15-29-22)21(27)26-14-4-2-3-5-20(26)16-10-12-23-13-11-16/h6-13,15,20H,2-5,14H2,1H3,(H,24,25)/t20-/m1/s1. The Morgan fingerprint density at radius 2 is 1.93 bits per heavy atom. The average molecular weight is 409 g/mol. The van der Waals surface area contributed by atoms with Crippen LogP contribution in [0.15, 0.2) is 54.2 Å². The van der Waals surface area contributed by atoms with Gasteiger partial charge in [-0.15, -0.1) is 11.3 Å². The molecule has 6 nitrogen and oxygen atoms in total. The van der Waals surface area contributed by atoms with Crippen molar-refractivity contribution in [2.24, 2.45) is 0 Å². The van der Waals surface area contributed by atoms with E-state index >= 15 is 0 Å². The molecule has 1 aromatic carbocycles. The number of hydrogen-bond donors (Lipinski definition) is 1. The maximum atomic E-state index is 13.3. The topological polar surface area (TPSA) is 67.3 Å². The van der Waals surface area contributed by atoms with Gasteiger partial charge >= 0.3 is 0 Å². The van der Waals surface area contributed by atoms with Crippen molar-refractivity contribution in [3.05, 3.63) is 65.4 Å². The highest BCUT2D eigenvalue weighted by atomic mass is 32.1. The van der Waals surface area contributed by atoms with Crippen molar-refractivity contribution >= 4 is 28.1 Å². The fourth-order valence-electron chi connectivity index (χ4n) is 3.66. The Morgan fingerprint density at radius 1 is 1.14 bits per heavy atom. The Bertz CT molecular complexity index is 943. The molecule has 0 aliphatic carbocycles. The summed E-state index contributed by atoms with van der Waals surface area (Å²) in [7, 11) is 1.64. The zero-order valence-electron chi connectivity index (χ0n) is 16.4. The number of anilines is 2. The molecule has 2 aromatic heterocycles. The van der Waals surface area contributed by atoms with Crippen molar-refractivity contribution < 1.29 is 9.53 Å². The molecule has 0 spiro atoms. The van der Waals surface area contributed by atoms with Gasteiger partial charge < -0.3 is 15.0 Å². The molecule has 1 N–H and O–H groups in total. The third kappa shape index (κ3) is 4.56. The van der Waals surface area contributed by atoms with Crippen LogP contribution < -0.4 is 10.1 Å². The quantitative estimate of drug-likeness (QED) is 0.640. The number of carbonyl (C=O) groups is 1. The number of methoxy groups -OCH3 is 1. The lowest BCUT2D eigenvalue weighted by molar-refractivity contribution is 0.0675. The number of likely N-dealkylation sites (tertiary alicyclic amines) is 1. The van der Waals surface area contributed by atoms with Gasteiger partial charge in [-0.2, -0.15) is 0 Å². The van der Waals surface area contributed by atoms with E-state index in [9.17, 15) is 4.79 Å². The second-order valence-electron chi connectivity index (χ2n) is 7.04. The maximum absolute atomic E-state index is 13.3. The number of pyridine rings is 1. The predicted octanol–water partition coefficient (Wildman–Crippen LogP) is 5.05. The summed E-state index contributed by atoms with van der Waals surface area (Å²) >= 11 is 1.44. The molecule has 1 amide bonds. The Balaban J connectivity index is 1.51. The molecular weight excluding hydrogens is 384 g/mol. The van der Waals surface area contributed by atoms with E-state index in [1.165, 1.54) is 11.3 Å². The summed E-state index contributed by atoms with van der Waals surface area (Å²) in [5.74, 6) is 0.793. The number of carbonyl (C=O) groups excluding carboxylic acids is 1. The van der Waals surface area contributed by atoms with Crippen molar-refractivity contribution in [3.63, 3.8) is 0 Å². The number of rotatable bonds is 5. The van der Waals surface area contributed by atoms with Crippen LogP contribution in [0.1, 0.15) is 47.8 Å². The number of benzene rings is 1. The maximum Gasteiger partial charge on any atom is 0.273 e. The molecule has 4 rings (SSSR count). The number of amides is 1. The fourth-order valence-corrected chi connectivity index (χ4v) is 4.36. The lowest BCUT2D eigenvalue weighted by atomic mass is 10.0. The van der Waals surface area contributed by atoms with Crippen molar-refractivity contribution in [3.8, 4) is 5.75 Å². The number of nitrogens with zero attached hydrogens (tertiary/aromatic N) is 3. The third-order valence-electron chi connectivity index (χ3n) is 5.17. The summed E-state index contributed by atoms with van der Waals surface area (Å²) in [5.41, 5.74) is 2.54. The van der Waals surface area contributed by atoms with Gasteiger partial charge in [0, 0.05) is 30.0 Å². The fraction of sp³-hybridized carbons (Fsp3) is 0.318. The van der Waals surface area contributed by atoms with Crippen LogP contribution in [-0.2, 0) is 0 Å². The molecule has 0 radical (unpaired) electrons. The summed E-state index contributed by atoms with van der Waals surface area (Å²) in [5, 5.41) is 5.80. The minimum Gasteiger partial charge on any atom is -0.497 e. The number of thiazole rings is 1. The number of ether oxygens (including phenoxy) is 1. The zero-order valence-corrected chi connectivity index (χ0v) is 17.2. The first-order valence-corrected chi connectivity index (χ1v) is 10.7. The van der Waals surface area contributed by atoms with Crippen LogP contribution in [0.25, 0.3) is 0 Å². The first-order valence-electron chi connectivity index (χ1n) is 9.82. The van der Waals surface area contributed by atoms with Gasteiger partial charge in [0.25, 0.3) is 5.91 Å². The van der Waals surface area contributed by atoms with Gasteiger partial charge in [0.05, 0.1) is 13.2 Å². The minimum absolute atomic E-state index is 0.00672. The van der Waals surface area contributed by atoms with E-state index in [0.717, 1.165) is 49.2 Å². The molecule has 1 atom stereocenters. The van der Waals surface area contributed by atoms with E-state index in [1.807, 2.05) is 46.7 Å². The highest BCUT2D eigenvalue weighted by molar-refractivity contribution is 7.14. The molecular formula is C22H24N4O2S. The van der Waals surface area contributed by atoms with E-state index in [1.54, 1.807) is 19.5 Å². The second-order valence-corrected chi connectivity index (χ2v) is 7.89. The SMILES string of the molecule is COc1ccc(Nc2nc(C(=O)N3CCCCC[C@@H]3c3ccncc3)cs2)cc1. The normalized spacial score (nSPS) is 16.9. The minimum atomic E-state index is -0.00672. The highest BCUT2D eigenvalue weighted by Gasteiger charge is 2.28. The summed E-state index contributed by atoms with van der Waals surface area (Å²) in [6, 6.07) is 11.7. The second kappa shape index (κ2) is 9.05. The van der Waals surface area contributed by atoms with Crippen LogP contribution in [0.2, 0.25) is 0 Å². The summed E-state index contributed by atoms with van der Waals surface area (Å²) in [4.78, 5) is 23.9. The van der Waals surface area contributed by atoms with E-state index in [4.69, 9.17) is 4.74 Å². The molecule has 3 heterocycles.